The molecule has 1 aromatic rings. The molecule has 1 heterocycles. The van der Waals surface area contributed by atoms with Crippen molar-refractivity contribution in [2.75, 3.05) is 11.9 Å². The molecule has 0 radical (unpaired) electrons. The van der Waals surface area contributed by atoms with Crippen molar-refractivity contribution in [2.45, 2.75) is 49.5 Å². The summed E-state index contributed by atoms with van der Waals surface area (Å²) in [4.78, 5) is 23.3. The largest absolute Gasteiger partial charge is 0.353 e. The van der Waals surface area contributed by atoms with Gasteiger partial charge in [-0.2, -0.15) is 0 Å². The Hall–Kier alpha value is -1.93. The highest BCUT2D eigenvalue weighted by atomic mass is 32.2. The molecule has 1 aliphatic carbocycles. The summed E-state index contributed by atoms with van der Waals surface area (Å²) in [6, 6.07) is 4.95. The molecule has 1 saturated carbocycles. The zero-order chi connectivity index (χ0) is 17.2. The number of benzene rings is 1. The SMILES string of the molecule is O=C1CCCc2cc(S(=O)(=O)NCCC(=O)NC3CC3)ccc2N1. The van der Waals surface area contributed by atoms with Gasteiger partial charge in [0.25, 0.3) is 0 Å². The van der Waals surface area contributed by atoms with Crippen LogP contribution in [0.4, 0.5) is 5.69 Å². The van der Waals surface area contributed by atoms with Crippen LogP contribution in [-0.2, 0) is 26.0 Å². The van der Waals surface area contributed by atoms with Gasteiger partial charge < -0.3 is 10.6 Å². The lowest BCUT2D eigenvalue weighted by Crippen LogP contribution is -2.31. The number of carbonyl (C=O) groups is 2. The number of amides is 2. The molecular formula is C16H21N3O4S. The number of aryl methyl sites for hydroxylation is 1. The Balaban J connectivity index is 1.62. The average Bonchev–Trinajstić information content (AvgIpc) is 3.33. The van der Waals surface area contributed by atoms with Crippen LogP contribution in [0.5, 0.6) is 0 Å². The van der Waals surface area contributed by atoms with Gasteiger partial charge in [-0.25, -0.2) is 13.1 Å². The number of hydrogen-bond donors (Lipinski definition) is 3. The molecule has 0 saturated heterocycles. The van der Waals surface area contributed by atoms with Crippen LogP contribution in [0.25, 0.3) is 0 Å². The zero-order valence-electron chi connectivity index (χ0n) is 13.3. The van der Waals surface area contributed by atoms with Crippen LogP contribution in [0, 0.1) is 0 Å². The van der Waals surface area contributed by atoms with Crippen molar-refractivity contribution in [3.05, 3.63) is 23.8 Å². The Kier molecular flexibility index (Phi) is 4.86. The van der Waals surface area contributed by atoms with Gasteiger partial charge >= 0.3 is 0 Å². The lowest BCUT2D eigenvalue weighted by Gasteiger charge is -2.11. The van der Waals surface area contributed by atoms with Crippen LogP contribution >= 0.6 is 0 Å². The van der Waals surface area contributed by atoms with Crippen molar-refractivity contribution >= 4 is 27.5 Å². The number of sulfonamides is 1. The van der Waals surface area contributed by atoms with Crippen LogP contribution in [0.2, 0.25) is 0 Å². The minimum Gasteiger partial charge on any atom is -0.353 e. The molecule has 8 heteroatoms. The molecule has 130 valence electrons. The maximum Gasteiger partial charge on any atom is 0.240 e. The van der Waals surface area contributed by atoms with E-state index in [2.05, 4.69) is 15.4 Å². The maximum absolute atomic E-state index is 12.4. The molecule has 1 aromatic carbocycles. The summed E-state index contributed by atoms with van der Waals surface area (Å²) in [6.45, 7) is 0.0642. The molecule has 0 unspecified atom stereocenters. The fourth-order valence-corrected chi connectivity index (χ4v) is 3.71. The van der Waals surface area contributed by atoms with Crippen molar-refractivity contribution in [3.8, 4) is 0 Å². The van der Waals surface area contributed by atoms with Gasteiger partial charge in [-0.3, -0.25) is 9.59 Å². The van der Waals surface area contributed by atoms with E-state index in [1.807, 2.05) is 0 Å². The summed E-state index contributed by atoms with van der Waals surface area (Å²) in [5.74, 6) is -0.186. The highest BCUT2D eigenvalue weighted by molar-refractivity contribution is 7.89. The fraction of sp³-hybridized carbons (Fsp3) is 0.500. The molecule has 0 bridgehead atoms. The van der Waals surface area contributed by atoms with E-state index in [0.717, 1.165) is 18.4 Å². The van der Waals surface area contributed by atoms with Crippen molar-refractivity contribution in [2.24, 2.45) is 0 Å². The molecule has 0 atom stereocenters. The third kappa shape index (κ3) is 4.33. The number of nitrogens with one attached hydrogen (secondary N) is 3. The van der Waals surface area contributed by atoms with E-state index >= 15 is 0 Å². The quantitative estimate of drug-likeness (QED) is 0.708. The van der Waals surface area contributed by atoms with Crippen LogP contribution in [0.1, 0.15) is 37.7 Å². The molecule has 7 nitrogen and oxygen atoms in total. The van der Waals surface area contributed by atoms with Gasteiger partial charge in [0.15, 0.2) is 0 Å². The van der Waals surface area contributed by atoms with Crippen molar-refractivity contribution in [1.82, 2.24) is 10.0 Å². The lowest BCUT2D eigenvalue weighted by molar-refractivity contribution is -0.121. The molecule has 0 spiro atoms. The summed E-state index contributed by atoms with van der Waals surface area (Å²) in [5.41, 5.74) is 1.48. The molecule has 2 amide bonds. The molecule has 1 aliphatic heterocycles. The van der Waals surface area contributed by atoms with Gasteiger partial charge in [0, 0.05) is 31.1 Å². The topological polar surface area (TPSA) is 104 Å². The Morgan fingerprint density at radius 3 is 2.79 bits per heavy atom. The predicted molar refractivity (Wildman–Crippen MR) is 89.0 cm³/mol. The van der Waals surface area contributed by atoms with E-state index in [1.165, 1.54) is 6.07 Å². The van der Waals surface area contributed by atoms with E-state index in [0.29, 0.717) is 24.9 Å². The first-order valence-corrected chi connectivity index (χ1v) is 9.64. The maximum atomic E-state index is 12.4. The first-order chi connectivity index (χ1) is 11.4. The minimum absolute atomic E-state index is 0.0517. The van der Waals surface area contributed by atoms with Crippen molar-refractivity contribution in [1.29, 1.82) is 0 Å². The van der Waals surface area contributed by atoms with Crippen LogP contribution < -0.4 is 15.4 Å². The first-order valence-electron chi connectivity index (χ1n) is 8.16. The van der Waals surface area contributed by atoms with Gasteiger partial charge in [0.2, 0.25) is 21.8 Å². The van der Waals surface area contributed by atoms with E-state index in [1.54, 1.807) is 12.1 Å². The summed E-state index contributed by atoms with van der Waals surface area (Å²) in [6.07, 6.45) is 3.91. The Morgan fingerprint density at radius 1 is 1.25 bits per heavy atom. The van der Waals surface area contributed by atoms with E-state index < -0.39 is 10.0 Å². The lowest BCUT2D eigenvalue weighted by atomic mass is 10.1. The van der Waals surface area contributed by atoms with Crippen LogP contribution in [-0.4, -0.2) is 32.8 Å². The molecule has 3 rings (SSSR count). The summed E-state index contributed by atoms with van der Waals surface area (Å²) in [7, 11) is -3.67. The minimum atomic E-state index is -3.67. The van der Waals surface area contributed by atoms with Crippen LogP contribution in [0.15, 0.2) is 23.1 Å². The van der Waals surface area contributed by atoms with E-state index in [-0.39, 0.29) is 35.7 Å². The summed E-state index contributed by atoms with van der Waals surface area (Å²) < 4.78 is 27.2. The normalized spacial score (nSPS) is 17.6. The second-order valence-corrected chi connectivity index (χ2v) is 7.98. The Bertz CT molecular complexity index is 757. The third-order valence-electron chi connectivity index (χ3n) is 4.10. The van der Waals surface area contributed by atoms with Gasteiger partial charge in [0.05, 0.1) is 4.90 Å². The van der Waals surface area contributed by atoms with Crippen molar-refractivity contribution < 1.29 is 18.0 Å². The van der Waals surface area contributed by atoms with Gasteiger partial charge in [-0.1, -0.05) is 0 Å². The fourth-order valence-electron chi connectivity index (χ4n) is 2.63. The second-order valence-electron chi connectivity index (χ2n) is 6.21. The predicted octanol–water partition coefficient (Wildman–Crippen LogP) is 0.908. The molecule has 0 aromatic heterocycles. The molecular weight excluding hydrogens is 330 g/mol. The molecule has 3 N–H and O–H groups in total. The van der Waals surface area contributed by atoms with Gasteiger partial charge in [-0.05, 0) is 49.4 Å². The Labute approximate surface area is 141 Å². The number of carbonyl (C=O) groups excluding carboxylic acids is 2. The highest BCUT2D eigenvalue weighted by Crippen LogP contribution is 2.25. The molecule has 2 aliphatic rings. The number of fused-ring (bicyclic) bond motifs is 1. The average molecular weight is 351 g/mol. The monoisotopic (exact) mass is 351 g/mol. The summed E-state index contributed by atoms with van der Waals surface area (Å²) >= 11 is 0. The summed E-state index contributed by atoms with van der Waals surface area (Å²) in [5, 5.41) is 5.59. The third-order valence-corrected chi connectivity index (χ3v) is 5.56. The standard InChI is InChI=1S/C16H21N3O4S/c20-15-3-1-2-11-10-13(6-7-14(11)19-15)24(22,23)17-9-8-16(21)18-12-4-5-12/h6-7,10,12,17H,1-5,8-9H2,(H,18,21)(H,19,20). The van der Waals surface area contributed by atoms with E-state index in [4.69, 9.17) is 0 Å². The van der Waals surface area contributed by atoms with Gasteiger partial charge in [-0.15, -0.1) is 0 Å². The highest BCUT2D eigenvalue weighted by Gasteiger charge is 2.23. The van der Waals surface area contributed by atoms with Gasteiger partial charge in [0.1, 0.15) is 0 Å². The number of anilines is 1. The smallest absolute Gasteiger partial charge is 0.240 e. The number of rotatable bonds is 6. The zero-order valence-corrected chi connectivity index (χ0v) is 14.1. The molecule has 1 fully saturated rings. The van der Waals surface area contributed by atoms with Crippen molar-refractivity contribution in [3.63, 3.8) is 0 Å². The Morgan fingerprint density at radius 2 is 2.04 bits per heavy atom. The number of hydrogen-bond acceptors (Lipinski definition) is 4. The van der Waals surface area contributed by atoms with Crippen LogP contribution in [0.3, 0.4) is 0 Å². The first kappa shape index (κ1) is 16.9. The molecule has 24 heavy (non-hydrogen) atoms. The second kappa shape index (κ2) is 6.90. The van der Waals surface area contributed by atoms with E-state index in [9.17, 15) is 18.0 Å².